The molecular weight excluding hydrogens is 282 g/mol. The first-order valence-corrected chi connectivity index (χ1v) is 7.72. The second-order valence-corrected chi connectivity index (χ2v) is 5.42. The lowest BCUT2D eigenvalue weighted by atomic mass is 9.97. The number of amides is 1. The van der Waals surface area contributed by atoms with E-state index in [-0.39, 0.29) is 17.8 Å². The van der Waals surface area contributed by atoms with Crippen LogP contribution in [0.25, 0.3) is 0 Å². The van der Waals surface area contributed by atoms with Crippen molar-refractivity contribution in [3.8, 4) is 5.75 Å². The average molecular weight is 305 g/mol. The van der Waals surface area contributed by atoms with Crippen LogP contribution >= 0.6 is 0 Å². The van der Waals surface area contributed by atoms with Crippen molar-refractivity contribution < 1.29 is 19.1 Å². The second kappa shape index (κ2) is 7.82. The van der Waals surface area contributed by atoms with Crippen LogP contribution in [0.5, 0.6) is 5.75 Å². The number of nitrogens with zero attached hydrogens (tertiary/aromatic N) is 1. The summed E-state index contributed by atoms with van der Waals surface area (Å²) in [5.41, 5.74) is 0.869. The van der Waals surface area contributed by atoms with E-state index in [1.165, 1.54) is 0 Å². The Morgan fingerprint density at radius 1 is 1.32 bits per heavy atom. The first kappa shape index (κ1) is 16.3. The van der Waals surface area contributed by atoms with E-state index in [0.29, 0.717) is 26.1 Å². The van der Waals surface area contributed by atoms with Crippen LogP contribution in [0.15, 0.2) is 24.3 Å². The number of esters is 1. The topological polar surface area (TPSA) is 55.8 Å². The summed E-state index contributed by atoms with van der Waals surface area (Å²) in [5.74, 6) is 0.348. The number of ether oxygens (including phenoxy) is 2. The molecule has 0 saturated carbocycles. The van der Waals surface area contributed by atoms with Crippen LogP contribution in [0.1, 0.15) is 25.3 Å². The third kappa shape index (κ3) is 4.00. The van der Waals surface area contributed by atoms with Gasteiger partial charge < -0.3 is 14.4 Å². The van der Waals surface area contributed by atoms with Crippen LogP contribution in [0, 0.1) is 5.92 Å². The highest BCUT2D eigenvalue weighted by atomic mass is 16.5. The number of carbonyl (C=O) groups excluding carboxylic acids is 2. The van der Waals surface area contributed by atoms with Crippen LogP contribution in [-0.2, 0) is 20.7 Å². The Kier molecular flexibility index (Phi) is 5.81. The third-order valence-corrected chi connectivity index (χ3v) is 3.93. The number of methoxy groups -OCH3 is 1. The van der Waals surface area contributed by atoms with E-state index in [4.69, 9.17) is 9.47 Å². The minimum absolute atomic E-state index is 0.0264. The number of likely N-dealkylation sites (tertiary alicyclic amines) is 1. The van der Waals surface area contributed by atoms with Crippen molar-refractivity contribution in [1.29, 1.82) is 0 Å². The first-order chi connectivity index (χ1) is 10.7. The molecule has 120 valence electrons. The van der Waals surface area contributed by atoms with Crippen molar-refractivity contribution in [2.75, 3.05) is 26.8 Å². The van der Waals surface area contributed by atoms with Crippen LogP contribution in [0.3, 0.4) is 0 Å². The van der Waals surface area contributed by atoms with E-state index >= 15 is 0 Å². The lowest BCUT2D eigenvalue weighted by Gasteiger charge is -2.31. The highest BCUT2D eigenvalue weighted by Crippen LogP contribution is 2.22. The van der Waals surface area contributed by atoms with Crippen molar-refractivity contribution in [2.45, 2.75) is 26.2 Å². The average Bonchev–Trinajstić information content (AvgIpc) is 2.55. The molecule has 5 heteroatoms. The Morgan fingerprint density at radius 3 is 2.82 bits per heavy atom. The molecule has 0 unspecified atom stereocenters. The lowest BCUT2D eigenvalue weighted by Crippen LogP contribution is -2.43. The van der Waals surface area contributed by atoms with E-state index in [9.17, 15) is 9.59 Å². The van der Waals surface area contributed by atoms with Crippen molar-refractivity contribution >= 4 is 11.9 Å². The van der Waals surface area contributed by atoms with E-state index < -0.39 is 0 Å². The number of piperidine rings is 1. The maximum Gasteiger partial charge on any atom is 0.310 e. The lowest BCUT2D eigenvalue weighted by molar-refractivity contribution is -0.151. The predicted molar refractivity (Wildman–Crippen MR) is 82.6 cm³/mol. The molecule has 22 heavy (non-hydrogen) atoms. The van der Waals surface area contributed by atoms with Crippen molar-refractivity contribution in [3.05, 3.63) is 29.8 Å². The fourth-order valence-electron chi connectivity index (χ4n) is 2.78. The standard InChI is InChI=1S/C17H23NO4/c1-3-22-17(20)14-8-6-10-18(12-14)16(19)11-13-7-4-5-9-15(13)21-2/h4-5,7,9,14H,3,6,8,10-12H2,1-2H3/t14-/m0/s1. The summed E-state index contributed by atoms with van der Waals surface area (Å²) >= 11 is 0. The number of para-hydroxylation sites is 1. The number of benzene rings is 1. The molecule has 0 bridgehead atoms. The van der Waals surface area contributed by atoms with Gasteiger partial charge in [-0.25, -0.2) is 0 Å². The van der Waals surface area contributed by atoms with Gasteiger partial charge in [-0.3, -0.25) is 9.59 Å². The fraction of sp³-hybridized carbons (Fsp3) is 0.529. The maximum absolute atomic E-state index is 12.5. The van der Waals surface area contributed by atoms with Crippen LogP contribution in [-0.4, -0.2) is 43.6 Å². The van der Waals surface area contributed by atoms with Gasteiger partial charge in [0.25, 0.3) is 0 Å². The Hall–Kier alpha value is -2.04. The third-order valence-electron chi connectivity index (χ3n) is 3.93. The predicted octanol–water partition coefficient (Wildman–Crippen LogP) is 2.04. The van der Waals surface area contributed by atoms with Crippen molar-refractivity contribution in [1.82, 2.24) is 4.90 Å². The zero-order valence-electron chi connectivity index (χ0n) is 13.2. The molecule has 1 amide bonds. The number of carbonyl (C=O) groups is 2. The Morgan fingerprint density at radius 2 is 2.09 bits per heavy atom. The number of hydrogen-bond donors (Lipinski definition) is 0. The molecule has 1 aliphatic rings. The van der Waals surface area contributed by atoms with Gasteiger partial charge >= 0.3 is 5.97 Å². The molecule has 5 nitrogen and oxygen atoms in total. The van der Waals surface area contributed by atoms with Gasteiger partial charge in [0, 0.05) is 18.7 Å². The number of hydrogen-bond acceptors (Lipinski definition) is 4. The fourth-order valence-corrected chi connectivity index (χ4v) is 2.78. The van der Waals surface area contributed by atoms with E-state index in [1.54, 1.807) is 18.9 Å². The summed E-state index contributed by atoms with van der Waals surface area (Å²) in [7, 11) is 1.60. The second-order valence-electron chi connectivity index (χ2n) is 5.42. The molecule has 1 aromatic rings. The monoisotopic (exact) mass is 305 g/mol. The van der Waals surface area contributed by atoms with Crippen LogP contribution in [0.2, 0.25) is 0 Å². The molecule has 0 N–H and O–H groups in total. The summed E-state index contributed by atoms with van der Waals surface area (Å²) in [5, 5.41) is 0. The van der Waals surface area contributed by atoms with Crippen LogP contribution < -0.4 is 4.74 Å². The molecule has 0 aliphatic carbocycles. The first-order valence-electron chi connectivity index (χ1n) is 7.72. The molecule has 1 saturated heterocycles. The Bertz CT molecular complexity index is 529. The van der Waals surface area contributed by atoms with Gasteiger partial charge in [-0.15, -0.1) is 0 Å². The summed E-state index contributed by atoms with van der Waals surface area (Å²) in [6.07, 6.45) is 1.91. The molecular formula is C17H23NO4. The molecule has 1 fully saturated rings. The minimum atomic E-state index is -0.199. The van der Waals surface area contributed by atoms with E-state index in [2.05, 4.69) is 0 Å². The number of rotatable bonds is 5. The Balaban J connectivity index is 1.98. The van der Waals surface area contributed by atoms with Gasteiger partial charge in [-0.2, -0.15) is 0 Å². The molecule has 1 atom stereocenters. The van der Waals surface area contributed by atoms with Gasteiger partial charge in [0.15, 0.2) is 0 Å². The zero-order valence-corrected chi connectivity index (χ0v) is 13.2. The molecule has 1 aliphatic heterocycles. The maximum atomic E-state index is 12.5. The van der Waals surface area contributed by atoms with Crippen LogP contribution in [0.4, 0.5) is 0 Å². The summed E-state index contributed by atoms with van der Waals surface area (Å²) < 4.78 is 10.3. The van der Waals surface area contributed by atoms with Crippen molar-refractivity contribution in [3.63, 3.8) is 0 Å². The summed E-state index contributed by atoms with van der Waals surface area (Å²) in [6, 6.07) is 7.51. The minimum Gasteiger partial charge on any atom is -0.496 e. The molecule has 0 spiro atoms. The van der Waals surface area contributed by atoms with E-state index in [0.717, 1.165) is 24.2 Å². The van der Waals surface area contributed by atoms with Gasteiger partial charge in [0.1, 0.15) is 5.75 Å². The Labute approximate surface area is 131 Å². The smallest absolute Gasteiger partial charge is 0.310 e. The molecule has 1 heterocycles. The highest BCUT2D eigenvalue weighted by Gasteiger charge is 2.29. The van der Waals surface area contributed by atoms with E-state index in [1.807, 2.05) is 24.3 Å². The molecule has 0 radical (unpaired) electrons. The zero-order chi connectivity index (χ0) is 15.9. The SMILES string of the molecule is CCOC(=O)[C@H]1CCCN(C(=O)Cc2ccccc2OC)C1. The molecule has 1 aromatic carbocycles. The normalized spacial score (nSPS) is 17.9. The van der Waals surface area contributed by atoms with Gasteiger partial charge in [-0.05, 0) is 25.8 Å². The van der Waals surface area contributed by atoms with Gasteiger partial charge in [0.05, 0.1) is 26.1 Å². The molecule has 2 rings (SSSR count). The van der Waals surface area contributed by atoms with Crippen molar-refractivity contribution in [2.24, 2.45) is 5.92 Å². The van der Waals surface area contributed by atoms with Gasteiger partial charge in [-0.1, -0.05) is 18.2 Å². The summed E-state index contributed by atoms with van der Waals surface area (Å²) in [4.78, 5) is 26.1. The summed E-state index contributed by atoms with van der Waals surface area (Å²) in [6.45, 7) is 3.33. The quantitative estimate of drug-likeness (QED) is 0.781. The largest absolute Gasteiger partial charge is 0.496 e. The van der Waals surface area contributed by atoms with Gasteiger partial charge in [0.2, 0.25) is 5.91 Å². The highest BCUT2D eigenvalue weighted by molar-refractivity contribution is 5.81. The molecule has 0 aromatic heterocycles.